The maximum Gasteiger partial charge on any atom is 0.191 e. The van der Waals surface area contributed by atoms with Gasteiger partial charge in [-0.3, -0.25) is 9.67 Å². The molecule has 3 aromatic heterocycles. The first kappa shape index (κ1) is 14.6. The first-order valence-electron chi connectivity index (χ1n) is 7.59. The summed E-state index contributed by atoms with van der Waals surface area (Å²) in [7, 11) is 0. The Morgan fingerprint density at radius 2 is 1.92 bits per heavy atom. The molecule has 24 heavy (non-hydrogen) atoms. The summed E-state index contributed by atoms with van der Waals surface area (Å²) < 4.78 is 20.8. The largest absolute Gasteiger partial charge is 0.444 e. The molecule has 0 N–H and O–H groups in total. The van der Waals surface area contributed by atoms with Crippen molar-refractivity contribution >= 4 is 11.0 Å². The topological polar surface area (TPSA) is 56.7 Å². The van der Waals surface area contributed by atoms with Crippen molar-refractivity contribution in [1.82, 2.24) is 19.7 Å². The quantitative estimate of drug-likeness (QED) is 0.574. The van der Waals surface area contributed by atoms with Crippen LogP contribution in [0.25, 0.3) is 22.2 Å². The minimum Gasteiger partial charge on any atom is -0.444 e. The number of oxazole rings is 1. The fourth-order valence-corrected chi connectivity index (χ4v) is 2.69. The van der Waals surface area contributed by atoms with E-state index in [1.165, 1.54) is 6.07 Å². The second-order valence-electron chi connectivity index (χ2n) is 5.74. The molecular formula is C18H15FN4O. The Labute approximate surface area is 137 Å². The van der Waals surface area contributed by atoms with Crippen LogP contribution in [0.2, 0.25) is 0 Å². The molecule has 120 valence electrons. The summed E-state index contributed by atoms with van der Waals surface area (Å²) in [6, 6.07) is 7.05. The molecule has 4 aromatic rings. The van der Waals surface area contributed by atoms with Gasteiger partial charge in [0.25, 0.3) is 0 Å². The number of nitrogens with zero attached hydrogens (tertiary/aromatic N) is 4. The Morgan fingerprint density at radius 3 is 2.67 bits per heavy atom. The summed E-state index contributed by atoms with van der Waals surface area (Å²) in [6.07, 6.45) is 5.20. The van der Waals surface area contributed by atoms with E-state index < -0.39 is 0 Å². The lowest BCUT2D eigenvalue weighted by atomic mass is 10.0. The van der Waals surface area contributed by atoms with Crippen LogP contribution < -0.4 is 0 Å². The third-order valence-corrected chi connectivity index (χ3v) is 3.96. The van der Waals surface area contributed by atoms with Gasteiger partial charge in [0.2, 0.25) is 0 Å². The molecular weight excluding hydrogens is 307 g/mol. The highest BCUT2D eigenvalue weighted by Gasteiger charge is 2.10. The molecule has 1 aromatic carbocycles. The Balaban J connectivity index is 1.76. The molecule has 6 heteroatoms. The van der Waals surface area contributed by atoms with Gasteiger partial charge in [-0.1, -0.05) is 6.07 Å². The van der Waals surface area contributed by atoms with E-state index in [4.69, 9.17) is 4.42 Å². The molecule has 3 heterocycles. The zero-order valence-electron chi connectivity index (χ0n) is 13.3. The molecule has 0 aliphatic rings. The van der Waals surface area contributed by atoms with Crippen molar-refractivity contribution in [2.75, 3.05) is 0 Å². The highest BCUT2D eigenvalue weighted by atomic mass is 19.1. The molecule has 0 bridgehead atoms. The number of aromatic nitrogens is 4. The number of fused-ring (bicyclic) bond motifs is 1. The number of rotatable bonds is 3. The van der Waals surface area contributed by atoms with Gasteiger partial charge in [0, 0.05) is 18.7 Å². The summed E-state index contributed by atoms with van der Waals surface area (Å²) in [5.74, 6) is 1.15. The van der Waals surface area contributed by atoms with Gasteiger partial charge < -0.3 is 4.42 Å². The van der Waals surface area contributed by atoms with Crippen LogP contribution in [0.5, 0.6) is 0 Å². The fourth-order valence-electron chi connectivity index (χ4n) is 2.69. The number of benzene rings is 1. The van der Waals surface area contributed by atoms with Crippen LogP contribution in [-0.4, -0.2) is 19.7 Å². The zero-order valence-corrected chi connectivity index (χ0v) is 13.3. The van der Waals surface area contributed by atoms with Crippen molar-refractivity contribution in [2.24, 2.45) is 0 Å². The van der Waals surface area contributed by atoms with Crippen molar-refractivity contribution in [3.8, 4) is 11.1 Å². The highest BCUT2D eigenvalue weighted by molar-refractivity contribution is 5.80. The van der Waals surface area contributed by atoms with Crippen LogP contribution in [0.15, 0.2) is 47.3 Å². The lowest BCUT2D eigenvalue weighted by Gasteiger charge is -2.05. The summed E-state index contributed by atoms with van der Waals surface area (Å²) in [5, 5.41) is 4.37. The van der Waals surface area contributed by atoms with Gasteiger partial charge in [-0.25, -0.2) is 9.37 Å². The third kappa shape index (κ3) is 2.56. The summed E-state index contributed by atoms with van der Waals surface area (Å²) in [4.78, 5) is 8.56. The second-order valence-corrected chi connectivity index (χ2v) is 5.74. The number of pyridine rings is 1. The van der Waals surface area contributed by atoms with Gasteiger partial charge in [0.05, 0.1) is 17.9 Å². The van der Waals surface area contributed by atoms with Crippen LogP contribution in [0.3, 0.4) is 0 Å². The lowest BCUT2D eigenvalue weighted by Crippen LogP contribution is -2.00. The Kier molecular flexibility index (Phi) is 3.37. The molecule has 0 amide bonds. The molecule has 0 spiro atoms. The molecule has 0 atom stereocenters. The minimum absolute atomic E-state index is 0.210. The summed E-state index contributed by atoms with van der Waals surface area (Å²) in [5.41, 5.74) is 4.14. The maximum atomic E-state index is 13.5. The molecule has 0 aliphatic heterocycles. The molecule has 0 unspecified atom stereocenters. The van der Waals surface area contributed by atoms with Gasteiger partial charge in [-0.15, -0.1) is 0 Å². The molecule has 5 nitrogen and oxygen atoms in total. The standard InChI is InChI=1S/C18H15FN4O/c1-11-5-13(3-4-16(11)19)14-6-18-17(21-7-14)9-22-23(18)10-15-8-20-12(2)24-15/h3-9H,10H2,1-2H3. The molecule has 0 fully saturated rings. The van der Waals surface area contributed by atoms with Crippen molar-refractivity contribution < 1.29 is 8.81 Å². The van der Waals surface area contributed by atoms with Crippen LogP contribution in [0, 0.1) is 19.7 Å². The fraction of sp³-hybridized carbons (Fsp3) is 0.167. The number of halogens is 1. The van der Waals surface area contributed by atoms with Gasteiger partial charge >= 0.3 is 0 Å². The first-order chi connectivity index (χ1) is 11.6. The number of hydrogen-bond acceptors (Lipinski definition) is 4. The molecule has 0 aliphatic carbocycles. The van der Waals surface area contributed by atoms with E-state index in [0.717, 1.165) is 27.9 Å². The monoisotopic (exact) mass is 322 g/mol. The Hall–Kier alpha value is -3.02. The van der Waals surface area contributed by atoms with Gasteiger partial charge in [0.1, 0.15) is 23.6 Å². The van der Waals surface area contributed by atoms with Crippen LogP contribution in [-0.2, 0) is 6.54 Å². The van der Waals surface area contributed by atoms with E-state index in [0.29, 0.717) is 18.0 Å². The second kappa shape index (κ2) is 5.56. The SMILES string of the molecule is Cc1ncc(Cn2ncc3ncc(-c4ccc(F)c(C)c4)cc32)o1. The van der Waals surface area contributed by atoms with E-state index in [1.54, 1.807) is 38.5 Å². The minimum atomic E-state index is -0.210. The molecule has 0 radical (unpaired) electrons. The van der Waals surface area contributed by atoms with Crippen LogP contribution >= 0.6 is 0 Å². The third-order valence-electron chi connectivity index (χ3n) is 3.96. The summed E-state index contributed by atoms with van der Waals surface area (Å²) in [6.45, 7) is 4.04. The molecule has 0 saturated heterocycles. The Bertz CT molecular complexity index is 1030. The van der Waals surface area contributed by atoms with Gasteiger partial charge in [-0.05, 0) is 36.2 Å². The van der Waals surface area contributed by atoms with Gasteiger partial charge in [-0.2, -0.15) is 5.10 Å². The van der Waals surface area contributed by atoms with Crippen LogP contribution in [0.4, 0.5) is 4.39 Å². The predicted octanol–water partition coefficient (Wildman–Crippen LogP) is 3.89. The van der Waals surface area contributed by atoms with E-state index in [1.807, 2.05) is 16.8 Å². The number of aryl methyl sites for hydroxylation is 2. The van der Waals surface area contributed by atoms with E-state index in [-0.39, 0.29) is 5.82 Å². The van der Waals surface area contributed by atoms with E-state index >= 15 is 0 Å². The lowest BCUT2D eigenvalue weighted by molar-refractivity contribution is 0.456. The molecule has 0 saturated carbocycles. The number of hydrogen-bond donors (Lipinski definition) is 0. The smallest absolute Gasteiger partial charge is 0.191 e. The van der Waals surface area contributed by atoms with E-state index in [9.17, 15) is 4.39 Å². The average molecular weight is 322 g/mol. The highest BCUT2D eigenvalue weighted by Crippen LogP contribution is 2.25. The zero-order chi connectivity index (χ0) is 16.7. The predicted molar refractivity (Wildman–Crippen MR) is 88.0 cm³/mol. The first-order valence-corrected chi connectivity index (χ1v) is 7.59. The van der Waals surface area contributed by atoms with Gasteiger partial charge in [0.15, 0.2) is 5.89 Å². The Morgan fingerprint density at radius 1 is 1.04 bits per heavy atom. The average Bonchev–Trinajstić information content (AvgIpc) is 3.16. The van der Waals surface area contributed by atoms with Crippen molar-refractivity contribution in [2.45, 2.75) is 20.4 Å². The van der Waals surface area contributed by atoms with Crippen LogP contribution in [0.1, 0.15) is 17.2 Å². The van der Waals surface area contributed by atoms with E-state index in [2.05, 4.69) is 15.1 Å². The molecule has 4 rings (SSSR count). The maximum absolute atomic E-state index is 13.5. The van der Waals surface area contributed by atoms with Crippen molar-refractivity contribution in [1.29, 1.82) is 0 Å². The normalized spacial score (nSPS) is 11.3. The van der Waals surface area contributed by atoms with Crippen molar-refractivity contribution in [3.05, 3.63) is 65.9 Å². The summed E-state index contributed by atoms with van der Waals surface area (Å²) >= 11 is 0. The van der Waals surface area contributed by atoms with Crippen molar-refractivity contribution in [3.63, 3.8) is 0 Å².